The van der Waals surface area contributed by atoms with Crippen molar-refractivity contribution < 1.29 is 0 Å². The Bertz CT molecular complexity index is 663. The number of nitrogens with one attached hydrogen (secondary N) is 1. The minimum atomic E-state index is -0.567. The SMILES string of the molecule is O=c1[nH]c(=O)n(Cc2cccc(Br)c2)cc1Cl. The molecule has 1 aromatic heterocycles. The molecule has 0 fully saturated rings. The van der Waals surface area contributed by atoms with Crippen LogP contribution in [-0.2, 0) is 6.54 Å². The molecular weight excluding hydrogens is 307 g/mol. The topological polar surface area (TPSA) is 54.9 Å². The normalized spacial score (nSPS) is 10.5. The third-order valence-corrected chi connectivity index (χ3v) is 2.97. The molecule has 0 saturated heterocycles. The van der Waals surface area contributed by atoms with E-state index >= 15 is 0 Å². The van der Waals surface area contributed by atoms with Crippen LogP contribution in [0.4, 0.5) is 0 Å². The molecule has 2 rings (SSSR count). The third-order valence-electron chi connectivity index (χ3n) is 2.21. The van der Waals surface area contributed by atoms with Crippen LogP contribution in [0.15, 0.2) is 44.5 Å². The van der Waals surface area contributed by atoms with E-state index < -0.39 is 11.2 Å². The van der Waals surface area contributed by atoms with Gasteiger partial charge in [0.15, 0.2) is 0 Å². The summed E-state index contributed by atoms with van der Waals surface area (Å²) in [6.07, 6.45) is 1.34. The van der Waals surface area contributed by atoms with E-state index in [1.54, 1.807) is 0 Å². The Balaban J connectivity index is 2.40. The third kappa shape index (κ3) is 2.87. The molecule has 0 bridgehead atoms. The largest absolute Gasteiger partial charge is 0.328 e. The molecule has 0 unspecified atom stereocenters. The molecule has 0 saturated carbocycles. The molecule has 0 amide bonds. The van der Waals surface area contributed by atoms with Gasteiger partial charge >= 0.3 is 5.69 Å². The second-order valence-electron chi connectivity index (χ2n) is 3.49. The highest BCUT2D eigenvalue weighted by Gasteiger charge is 2.03. The van der Waals surface area contributed by atoms with Crippen molar-refractivity contribution in [2.24, 2.45) is 0 Å². The zero-order valence-corrected chi connectivity index (χ0v) is 11.0. The fraction of sp³-hybridized carbons (Fsp3) is 0.0909. The predicted octanol–water partition coefficient (Wildman–Crippen LogP) is 2.00. The van der Waals surface area contributed by atoms with E-state index in [2.05, 4.69) is 20.9 Å². The maximum Gasteiger partial charge on any atom is 0.328 e. The second-order valence-corrected chi connectivity index (χ2v) is 4.82. The average molecular weight is 316 g/mol. The summed E-state index contributed by atoms with van der Waals surface area (Å²) in [7, 11) is 0. The highest BCUT2D eigenvalue weighted by molar-refractivity contribution is 9.10. The minimum absolute atomic E-state index is 0.000373. The number of hydrogen-bond donors (Lipinski definition) is 1. The van der Waals surface area contributed by atoms with Crippen molar-refractivity contribution >= 4 is 27.5 Å². The van der Waals surface area contributed by atoms with Gasteiger partial charge in [0.25, 0.3) is 5.56 Å². The standard InChI is InChI=1S/C11H8BrClN2O2/c12-8-3-1-2-7(4-8)5-15-6-9(13)10(16)14-11(15)17/h1-4,6H,5H2,(H,14,16,17). The number of rotatable bonds is 2. The fourth-order valence-corrected chi connectivity index (χ4v) is 2.04. The quantitative estimate of drug-likeness (QED) is 0.921. The summed E-state index contributed by atoms with van der Waals surface area (Å²) in [6, 6.07) is 7.55. The van der Waals surface area contributed by atoms with Gasteiger partial charge in [0, 0.05) is 10.7 Å². The molecule has 88 valence electrons. The molecule has 0 aliphatic carbocycles. The Morgan fingerprint density at radius 2 is 2.12 bits per heavy atom. The van der Waals surface area contributed by atoms with Gasteiger partial charge in [0.1, 0.15) is 5.02 Å². The first-order chi connectivity index (χ1) is 8.06. The van der Waals surface area contributed by atoms with Crippen molar-refractivity contribution in [3.63, 3.8) is 0 Å². The van der Waals surface area contributed by atoms with Crippen molar-refractivity contribution in [3.8, 4) is 0 Å². The number of hydrogen-bond acceptors (Lipinski definition) is 2. The number of nitrogens with zero attached hydrogens (tertiary/aromatic N) is 1. The van der Waals surface area contributed by atoms with Crippen LogP contribution in [0.25, 0.3) is 0 Å². The smallest absolute Gasteiger partial charge is 0.295 e. The van der Waals surface area contributed by atoms with Crippen LogP contribution in [0.3, 0.4) is 0 Å². The zero-order valence-electron chi connectivity index (χ0n) is 8.61. The molecular formula is C11H8BrClN2O2. The molecule has 0 atom stereocenters. The van der Waals surface area contributed by atoms with E-state index in [0.717, 1.165) is 10.0 Å². The Kier molecular flexibility index (Phi) is 3.49. The van der Waals surface area contributed by atoms with Gasteiger partial charge in [-0.3, -0.25) is 14.3 Å². The van der Waals surface area contributed by atoms with E-state index in [-0.39, 0.29) is 5.02 Å². The molecule has 0 spiro atoms. The Morgan fingerprint density at radius 3 is 2.82 bits per heavy atom. The van der Waals surface area contributed by atoms with Gasteiger partial charge in [-0.05, 0) is 17.7 Å². The lowest BCUT2D eigenvalue weighted by Gasteiger charge is -2.05. The summed E-state index contributed by atoms with van der Waals surface area (Å²) in [4.78, 5) is 24.8. The zero-order chi connectivity index (χ0) is 12.4. The first kappa shape index (κ1) is 12.1. The molecule has 0 aliphatic rings. The molecule has 1 aromatic carbocycles. The summed E-state index contributed by atoms with van der Waals surface area (Å²) < 4.78 is 2.28. The monoisotopic (exact) mass is 314 g/mol. The van der Waals surface area contributed by atoms with Crippen LogP contribution in [0, 0.1) is 0 Å². The molecule has 1 heterocycles. The van der Waals surface area contributed by atoms with E-state index in [1.807, 2.05) is 24.3 Å². The lowest BCUT2D eigenvalue weighted by atomic mass is 10.2. The Labute approximate surface area is 110 Å². The summed E-state index contributed by atoms with van der Waals surface area (Å²) in [5.74, 6) is 0. The summed E-state index contributed by atoms with van der Waals surface area (Å²) in [5.41, 5.74) is -0.105. The van der Waals surface area contributed by atoms with Gasteiger partial charge in [-0.1, -0.05) is 39.7 Å². The number of H-pyrrole nitrogens is 1. The molecule has 0 aliphatic heterocycles. The first-order valence-electron chi connectivity index (χ1n) is 4.80. The summed E-state index contributed by atoms with van der Waals surface area (Å²) in [6.45, 7) is 0.356. The molecule has 2 aromatic rings. The van der Waals surface area contributed by atoms with Crippen LogP contribution >= 0.6 is 27.5 Å². The van der Waals surface area contributed by atoms with Crippen LogP contribution in [0.1, 0.15) is 5.56 Å². The van der Waals surface area contributed by atoms with Crippen LogP contribution < -0.4 is 11.2 Å². The molecule has 17 heavy (non-hydrogen) atoms. The van der Waals surface area contributed by atoms with Crippen LogP contribution in [0.5, 0.6) is 0 Å². The Morgan fingerprint density at radius 1 is 1.35 bits per heavy atom. The van der Waals surface area contributed by atoms with Crippen molar-refractivity contribution in [1.29, 1.82) is 0 Å². The maximum atomic E-state index is 11.5. The van der Waals surface area contributed by atoms with Gasteiger partial charge in [0.05, 0.1) is 6.54 Å². The molecule has 1 N–H and O–H groups in total. The fourth-order valence-electron chi connectivity index (χ4n) is 1.43. The number of halogens is 2. The first-order valence-corrected chi connectivity index (χ1v) is 5.97. The van der Waals surface area contributed by atoms with E-state index in [0.29, 0.717) is 6.54 Å². The van der Waals surface area contributed by atoms with Crippen molar-refractivity contribution in [2.45, 2.75) is 6.54 Å². The molecule has 4 nitrogen and oxygen atoms in total. The lowest BCUT2D eigenvalue weighted by Crippen LogP contribution is -2.29. The van der Waals surface area contributed by atoms with Gasteiger partial charge < -0.3 is 0 Å². The van der Waals surface area contributed by atoms with Gasteiger partial charge in [-0.15, -0.1) is 0 Å². The molecule has 6 heteroatoms. The lowest BCUT2D eigenvalue weighted by molar-refractivity contribution is 0.720. The summed E-state index contributed by atoms with van der Waals surface area (Å²) in [5, 5.41) is -0.000373. The van der Waals surface area contributed by atoms with Gasteiger partial charge in [-0.2, -0.15) is 0 Å². The average Bonchev–Trinajstić information content (AvgIpc) is 2.26. The highest BCUT2D eigenvalue weighted by atomic mass is 79.9. The van der Waals surface area contributed by atoms with E-state index in [9.17, 15) is 9.59 Å². The van der Waals surface area contributed by atoms with Gasteiger partial charge in [0.2, 0.25) is 0 Å². The second kappa shape index (κ2) is 4.89. The van der Waals surface area contributed by atoms with Crippen molar-refractivity contribution in [3.05, 3.63) is 66.4 Å². The Hall–Kier alpha value is -1.33. The van der Waals surface area contributed by atoms with Crippen molar-refractivity contribution in [2.75, 3.05) is 0 Å². The maximum absolute atomic E-state index is 11.5. The minimum Gasteiger partial charge on any atom is -0.295 e. The molecule has 0 radical (unpaired) electrons. The van der Waals surface area contributed by atoms with Crippen molar-refractivity contribution in [1.82, 2.24) is 9.55 Å². The number of aromatic amines is 1. The number of benzene rings is 1. The predicted molar refractivity (Wildman–Crippen MR) is 69.6 cm³/mol. The number of aromatic nitrogens is 2. The summed E-state index contributed by atoms with van der Waals surface area (Å²) >= 11 is 9.02. The van der Waals surface area contributed by atoms with E-state index in [1.165, 1.54) is 10.8 Å². The van der Waals surface area contributed by atoms with Gasteiger partial charge in [-0.25, -0.2) is 4.79 Å². The van der Waals surface area contributed by atoms with Crippen LogP contribution in [-0.4, -0.2) is 9.55 Å². The van der Waals surface area contributed by atoms with E-state index in [4.69, 9.17) is 11.6 Å². The highest BCUT2D eigenvalue weighted by Crippen LogP contribution is 2.12. The van der Waals surface area contributed by atoms with Crippen LogP contribution in [0.2, 0.25) is 5.02 Å².